The summed E-state index contributed by atoms with van der Waals surface area (Å²) >= 11 is 0. The van der Waals surface area contributed by atoms with E-state index in [1.807, 2.05) is 45.9 Å². The molecule has 0 aliphatic rings. The SMILES string of the molecule is CC[C@H](C)NC(=O)[C@@H](C)N(Cc1ccc(OC)cc1)C(=O)CN(c1cccc(C)c1)S(=O)(=O)c1ccc(C)cc1. The zero-order valence-corrected chi connectivity index (χ0v) is 24.9. The first-order valence-electron chi connectivity index (χ1n) is 13.3. The van der Waals surface area contributed by atoms with Crippen LogP contribution in [0.1, 0.15) is 43.9 Å². The zero-order chi connectivity index (χ0) is 29.4. The number of aryl methyl sites for hydroxylation is 2. The molecule has 0 radical (unpaired) electrons. The summed E-state index contributed by atoms with van der Waals surface area (Å²) in [4.78, 5) is 28.6. The predicted octanol–water partition coefficient (Wildman–Crippen LogP) is 4.84. The predicted molar refractivity (Wildman–Crippen MR) is 158 cm³/mol. The number of carbonyl (C=O) groups is 2. The quantitative estimate of drug-likeness (QED) is 0.339. The van der Waals surface area contributed by atoms with Crippen molar-refractivity contribution >= 4 is 27.5 Å². The third-order valence-corrected chi connectivity index (χ3v) is 8.65. The van der Waals surface area contributed by atoms with Gasteiger partial charge in [-0.3, -0.25) is 13.9 Å². The van der Waals surface area contributed by atoms with Gasteiger partial charge in [0.25, 0.3) is 10.0 Å². The molecule has 3 rings (SSSR count). The number of hydrogen-bond acceptors (Lipinski definition) is 5. The number of nitrogens with one attached hydrogen (secondary N) is 1. The lowest BCUT2D eigenvalue weighted by Crippen LogP contribution is -2.52. The number of rotatable bonds is 12. The van der Waals surface area contributed by atoms with Gasteiger partial charge in [0.05, 0.1) is 17.7 Å². The molecule has 40 heavy (non-hydrogen) atoms. The number of ether oxygens (including phenoxy) is 1. The van der Waals surface area contributed by atoms with Crippen molar-refractivity contribution in [2.24, 2.45) is 0 Å². The van der Waals surface area contributed by atoms with Crippen LogP contribution in [0.15, 0.2) is 77.7 Å². The van der Waals surface area contributed by atoms with Gasteiger partial charge in [-0.15, -0.1) is 0 Å². The molecule has 0 aliphatic heterocycles. The molecular formula is C31H39N3O5S. The first-order chi connectivity index (χ1) is 19.0. The third kappa shape index (κ3) is 7.63. The number of nitrogens with zero attached hydrogens (tertiary/aromatic N) is 2. The van der Waals surface area contributed by atoms with Crippen molar-refractivity contribution in [1.29, 1.82) is 0 Å². The van der Waals surface area contributed by atoms with Gasteiger partial charge < -0.3 is 15.0 Å². The van der Waals surface area contributed by atoms with Crippen LogP contribution in [0.2, 0.25) is 0 Å². The van der Waals surface area contributed by atoms with E-state index < -0.39 is 28.5 Å². The van der Waals surface area contributed by atoms with Gasteiger partial charge in [-0.2, -0.15) is 0 Å². The topological polar surface area (TPSA) is 96.0 Å². The number of amides is 2. The van der Waals surface area contributed by atoms with Gasteiger partial charge >= 0.3 is 0 Å². The van der Waals surface area contributed by atoms with Crippen LogP contribution in [0.5, 0.6) is 5.75 Å². The molecule has 0 saturated carbocycles. The second-order valence-electron chi connectivity index (χ2n) is 10.0. The van der Waals surface area contributed by atoms with Crippen LogP contribution in [0, 0.1) is 13.8 Å². The summed E-state index contributed by atoms with van der Waals surface area (Å²) in [5, 5.41) is 2.94. The number of methoxy groups -OCH3 is 1. The third-order valence-electron chi connectivity index (χ3n) is 6.86. The summed E-state index contributed by atoms with van der Waals surface area (Å²) in [5.74, 6) is -0.140. The minimum absolute atomic E-state index is 0.0707. The fourth-order valence-electron chi connectivity index (χ4n) is 4.13. The molecule has 0 saturated heterocycles. The van der Waals surface area contributed by atoms with Crippen LogP contribution in [-0.4, -0.2) is 50.9 Å². The van der Waals surface area contributed by atoms with Gasteiger partial charge in [0.15, 0.2) is 0 Å². The maximum absolute atomic E-state index is 14.0. The van der Waals surface area contributed by atoms with Crippen molar-refractivity contribution in [1.82, 2.24) is 10.2 Å². The van der Waals surface area contributed by atoms with Crippen molar-refractivity contribution < 1.29 is 22.7 Å². The number of benzene rings is 3. The molecule has 214 valence electrons. The van der Waals surface area contributed by atoms with E-state index in [4.69, 9.17) is 4.74 Å². The van der Waals surface area contributed by atoms with Crippen LogP contribution in [0.3, 0.4) is 0 Å². The first kappa shape index (κ1) is 30.7. The van der Waals surface area contributed by atoms with Gasteiger partial charge in [0, 0.05) is 12.6 Å². The highest BCUT2D eigenvalue weighted by atomic mass is 32.2. The molecule has 0 aromatic heterocycles. The Morgan fingerprint density at radius 3 is 2.15 bits per heavy atom. The Morgan fingerprint density at radius 1 is 0.925 bits per heavy atom. The molecule has 2 amide bonds. The molecule has 0 aliphatic carbocycles. The zero-order valence-electron chi connectivity index (χ0n) is 24.0. The average molecular weight is 566 g/mol. The van der Waals surface area contributed by atoms with Gasteiger partial charge in [-0.05, 0) is 81.6 Å². The summed E-state index contributed by atoms with van der Waals surface area (Å²) < 4.78 is 34.1. The number of carbonyl (C=O) groups excluding carboxylic acids is 2. The van der Waals surface area contributed by atoms with E-state index >= 15 is 0 Å². The van der Waals surface area contributed by atoms with E-state index in [0.29, 0.717) is 11.4 Å². The first-order valence-corrected chi connectivity index (χ1v) is 14.8. The molecule has 0 fully saturated rings. The van der Waals surface area contributed by atoms with Crippen molar-refractivity contribution in [2.75, 3.05) is 18.0 Å². The molecular weight excluding hydrogens is 526 g/mol. The molecule has 2 atom stereocenters. The normalized spacial score (nSPS) is 12.8. The Kier molecular flexibility index (Phi) is 10.3. The lowest BCUT2D eigenvalue weighted by molar-refractivity contribution is -0.139. The monoisotopic (exact) mass is 565 g/mol. The standard InChI is InChI=1S/C31H39N3O5S/c1-7-24(4)32-31(36)25(5)33(20-26-13-15-28(39-6)16-14-26)30(35)21-34(27-10-8-9-23(3)19-27)40(37,38)29-17-11-22(2)12-18-29/h8-19,24-25H,7,20-21H2,1-6H3,(H,32,36)/t24-,25+/m0/s1. The Bertz CT molecular complexity index is 1410. The van der Waals surface area contributed by atoms with Crippen LogP contribution >= 0.6 is 0 Å². The number of hydrogen-bond donors (Lipinski definition) is 1. The van der Waals surface area contributed by atoms with Crippen LogP contribution in [-0.2, 0) is 26.2 Å². The number of anilines is 1. The van der Waals surface area contributed by atoms with Crippen molar-refractivity contribution in [3.8, 4) is 5.75 Å². The maximum atomic E-state index is 14.0. The van der Waals surface area contributed by atoms with Crippen LogP contribution in [0.25, 0.3) is 0 Å². The van der Waals surface area contributed by atoms with E-state index in [0.717, 1.165) is 27.4 Å². The van der Waals surface area contributed by atoms with Crippen molar-refractivity contribution in [2.45, 2.75) is 64.6 Å². The molecule has 1 N–H and O–H groups in total. The second-order valence-corrected chi connectivity index (χ2v) is 11.9. The highest BCUT2D eigenvalue weighted by Crippen LogP contribution is 2.26. The minimum atomic E-state index is -4.10. The maximum Gasteiger partial charge on any atom is 0.264 e. The molecule has 8 nitrogen and oxygen atoms in total. The lowest BCUT2D eigenvalue weighted by atomic mass is 10.1. The smallest absolute Gasteiger partial charge is 0.264 e. The largest absolute Gasteiger partial charge is 0.497 e. The Hall–Kier alpha value is -3.85. The molecule has 0 bridgehead atoms. The summed E-state index contributed by atoms with van der Waals surface area (Å²) in [6.45, 7) is 8.89. The van der Waals surface area contributed by atoms with Crippen molar-refractivity contribution in [3.05, 3.63) is 89.5 Å². The fourth-order valence-corrected chi connectivity index (χ4v) is 5.53. The molecule has 9 heteroatoms. The highest BCUT2D eigenvalue weighted by molar-refractivity contribution is 7.92. The Labute approximate surface area is 238 Å². The fraction of sp³-hybridized carbons (Fsp3) is 0.355. The van der Waals surface area contributed by atoms with Gasteiger partial charge in [-0.25, -0.2) is 8.42 Å². The average Bonchev–Trinajstić information content (AvgIpc) is 2.94. The second kappa shape index (κ2) is 13.5. The van der Waals surface area contributed by atoms with E-state index in [9.17, 15) is 18.0 Å². The summed E-state index contributed by atoms with van der Waals surface area (Å²) in [5.41, 5.74) is 2.92. The van der Waals surface area contributed by atoms with Gasteiger partial charge in [0.2, 0.25) is 11.8 Å². The molecule has 3 aromatic carbocycles. The van der Waals surface area contributed by atoms with Gasteiger partial charge in [0.1, 0.15) is 18.3 Å². The minimum Gasteiger partial charge on any atom is -0.497 e. The van der Waals surface area contributed by atoms with E-state index in [1.165, 1.54) is 17.0 Å². The summed E-state index contributed by atoms with van der Waals surface area (Å²) in [6.07, 6.45) is 0.737. The number of sulfonamides is 1. The van der Waals surface area contributed by atoms with Crippen molar-refractivity contribution in [3.63, 3.8) is 0 Å². The van der Waals surface area contributed by atoms with Crippen LogP contribution < -0.4 is 14.4 Å². The summed E-state index contributed by atoms with van der Waals surface area (Å²) in [7, 11) is -2.53. The molecule has 0 heterocycles. The van der Waals surface area contributed by atoms with E-state index in [-0.39, 0.29) is 23.4 Å². The van der Waals surface area contributed by atoms with E-state index in [2.05, 4.69) is 5.32 Å². The van der Waals surface area contributed by atoms with E-state index in [1.54, 1.807) is 56.5 Å². The molecule has 0 spiro atoms. The summed E-state index contributed by atoms with van der Waals surface area (Å²) in [6, 6.07) is 19.8. The molecule has 0 unspecified atom stereocenters. The molecule has 3 aromatic rings. The lowest BCUT2D eigenvalue weighted by Gasteiger charge is -2.32. The van der Waals surface area contributed by atoms with Gasteiger partial charge in [-0.1, -0.05) is 48.9 Å². The Morgan fingerprint density at radius 2 is 1.57 bits per heavy atom. The Balaban J connectivity index is 2.02. The highest BCUT2D eigenvalue weighted by Gasteiger charge is 2.32. The van der Waals surface area contributed by atoms with Crippen LogP contribution in [0.4, 0.5) is 5.69 Å².